The topological polar surface area (TPSA) is 36.9 Å². The lowest BCUT2D eigenvalue weighted by Crippen LogP contribution is -2.11. The Balaban J connectivity index is 1.49. The molecule has 4 aromatic rings. The largest absolute Gasteiger partial charge is 0.454 e. The van der Waals surface area contributed by atoms with Crippen LogP contribution in [0.5, 0.6) is 23.0 Å². The lowest BCUT2D eigenvalue weighted by atomic mass is 10.0. The first-order valence-electron chi connectivity index (χ1n) is 12.8. The molecule has 0 radical (unpaired) electrons. The molecule has 0 aliphatic carbocycles. The monoisotopic (exact) mass is 542 g/mol. The Kier molecular flexibility index (Phi) is 6.58. The average Bonchev–Trinajstić information content (AvgIpc) is 3.55. The van der Waals surface area contributed by atoms with Gasteiger partial charge in [-0.05, 0) is 120 Å². The summed E-state index contributed by atoms with van der Waals surface area (Å²) in [4.78, 5) is 0. The molecule has 6 heteroatoms. The predicted molar refractivity (Wildman–Crippen MR) is 161 cm³/mol. The summed E-state index contributed by atoms with van der Waals surface area (Å²) in [5, 5.41) is 5.04. The molecular formula is C32H32O4P2. The third kappa shape index (κ3) is 4.55. The second-order valence-electron chi connectivity index (χ2n) is 10.2. The normalized spacial score (nSPS) is 13.9. The van der Waals surface area contributed by atoms with Gasteiger partial charge in [0, 0.05) is 11.1 Å². The van der Waals surface area contributed by atoms with E-state index in [0.717, 1.165) is 34.1 Å². The van der Waals surface area contributed by atoms with E-state index in [2.05, 4.69) is 84.0 Å². The fourth-order valence-corrected chi connectivity index (χ4v) is 7.91. The minimum Gasteiger partial charge on any atom is -0.454 e. The fourth-order valence-electron chi connectivity index (χ4n) is 5.15. The maximum absolute atomic E-state index is 6.08. The van der Waals surface area contributed by atoms with Gasteiger partial charge in [0.25, 0.3) is 0 Å². The summed E-state index contributed by atoms with van der Waals surface area (Å²) in [6.07, 6.45) is 0. The number of ether oxygens (including phenoxy) is 4. The Hall–Kier alpha value is -3.06. The summed E-state index contributed by atoms with van der Waals surface area (Å²) in [7, 11) is 0.965. The Bertz CT molecular complexity index is 1550. The van der Waals surface area contributed by atoms with Crippen LogP contribution in [0.15, 0.2) is 48.5 Å². The van der Waals surface area contributed by atoms with Crippen molar-refractivity contribution in [2.45, 2.75) is 41.5 Å². The third-order valence-corrected chi connectivity index (χ3v) is 10.1. The molecule has 4 nitrogen and oxygen atoms in total. The first-order valence-corrected chi connectivity index (χ1v) is 14.8. The highest BCUT2D eigenvalue weighted by molar-refractivity contribution is 7.56. The maximum Gasteiger partial charge on any atom is 0.231 e. The molecule has 0 spiro atoms. The quantitative estimate of drug-likeness (QED) is 0.294. The van der Waals surface area contributed by atoms with Gasteiger partial charge >= 0.3 is 0 Å². The number of rotatable bonds is 5. The number of hydrogen-bond acceptors (Lipinski definition) is 4. The minimum atomic E-state index is 0.220. The summed E-state index contributed by atoms with van der Waals surface area (Å²) in [6.45, 7) is 13.6. The van der Waals surface area contributed by atoms with Crippen molar-refractivity contribution >= 4 is 38.4 Å². The lowest BCUT2D eigenvalue weighted by molar-refractivity contribution is 0.173. The summed E-state index contributed by atoms with van der Waals surface area (Å²) in [5.41, 5.74) is 10.0. The molecule has 2 heterocycles. The molecule has 0 aromatic heterocycles. The summed E-state index contributed by atoms with van der Waals surface area (Å²) in [5.74, 6) is 3.13. The number of aryl methyl sites for hydroxylation is 4. The average molecular weight is 543 g/mol. The van der Waals surface area contributed by atoms with E-state index in [1.165, 1.54) is 54.6 Å². The van der Waals surface area contributed by atoms with Crippen LogP contribution in [0.2, 0.25) is 0 Å². The maximum atomic E-state index is 6.08. The summed E-state index contributed by atoms with van der Waals surface area (Å²) in [6, 6.07) is 17.8. The molecule has 6 rings (SSSR count). The molecule has 0 fully saturated rings. The van der Waals surface area contributed by atoms with Gasteiger partial charge in [-0.1, -0.05) is 41.4 Å². The molecule has 38 heavy (non-hydrogen) atoms. The predicted octanol–water partition coefficient (Wildman–Crippen LogP) is 5.92. The zero-order chi connectivity index (χ0) is 26.6. The molecule has 2 aliphatic rings. The van der Waals surface area contributed by atoms with Crippen LogP contribution in [-0.4, -0.2) is 13.6 Å². The van der Waals surface area contributed by atoms with Crippen LogP contribution in [-0.2, 0) is 0 Å². The molecule has 0 N–H and O–H groups in total. The van der Waals surface area contributed by atoms with Gasteiger partial charge in [-0.3, -0.25) is 0 Å². The van der Waals surface area contributed by atoms with Crippen molar-refractivity contribution in [3.63, 3.8) is 0 Å². The number of hydrogen-bond donors (Lipinski definition) is 0. The molecule has 0 bridgehead atoms. The smallest absolute Gasteiger partial charge is 0.231 e. The third-order valence-electron chi connectivity index (χ3n) is 7.70. The van der Waals surface area contributed by atoms with E-state index < -0.39 is 0 Å². The van der Waals surface area contributed by atoms with Crippen LogP contribution in [0.25, 0.3) is 11.1 Å². The molecule has 0 amide bonds. The van der Waals surface area contributed by atoms with Gasteiger partial charge in [0.1, 0.15) is 0 Å². The van der Waals surface area contributed by atoms with Crippen molar-refractivity contribution in [3.05, 3.63) is 81.9 Å². The van der Waals surface area contributed by atoms with Gasteiger partial charge in [-0.15, -0.1) is 0 Å². The van der Waals surface area contributed by atoms with Gasteiger partial charge in [0.2, 0.25) is 13.6 Å². The van der Waals surface area contributed by atoms with E-state index in [-0.39, 0.29) is 13.6 Å². The van der Waals surface area contributed by atoms with E-state index in [1.807, 2.05) is 6.07 Å². The van der Waals surface area contributed by atoms with E-state index >= 15 is 0 Å². The minimum absolute atomic E-state index is 0.220. The molecule has 4 aromatic carbocycles. The summed E-state index contributed by atoms with van der Waals surface area (Å²) >= 11 is 0. The zero-order valence-corrected chi connectivity index (χ0v) is 24.7. The fraction of sp³-hybridized carbons (Fsp3) is 0.250. The van der Waals surface area contributed by atoms with Crippen molar-refractivity contribution in [1.29, 1.82) is 0 Å². The number of benzene rings is 4. The van der Waals surface area contributed by atoms with Crippen LogP contribution >= 0.6 is 17.2 Å². The van der Waals surface area contributed by atoms with E-state index in [9.17, 15) is 0 Å². The number of fused-ring (bicyclic) bond motifs is 2. The molecule has 0 saturated carbocycles. The standard InChI is InChI=1S/C32H32O4P2/c1-17-9-23(10-18(2)21(17)5)37-25-13-26(31-28(14-25)34-16-35-31)30-29(8-7-27-32(30)36-15-33-27)38-24-11-19(3)22(6)20(4)12-24/h7-14,37-38H,15-16H2,1-6H3. The molecular weight excluding hydrogens is 510 g/mol. The SMILES string of the molecule is Cc1cc(Pc2cc3c(c(-c4c(Pc5cc(C)c(C)c(C)c5)ccc5c4OCO5)c2)OCO3)cc(C)c1C. The van der Waals surface area contributed by atoms with Gasteiger partial charge in [0.05, 0.1) is 0 Å². The van der Waals surface area contributed by atoms with Gasteiger partial charge in [-0.25, -0.2) is 0 Å². The second-order valence-corrected chi connectivity index (χ2v) is 13.0. The van der Waals surface area contributed by atoms with Crippen molar-refractivity contribution < 1.29 is 18.9 Å². The Labute approximate surface area is 228 Å². The molecule has 2 atom stereocenters. The van der Waals surface area contributed by atoms with Crippen LogP contribution < -0.4 is 40.2 Å². The molecule has 2 aliphatic heterocycles. The van der Waals surface area contributed by atoms with E-state index in [0.29, 0.717) is 17.2 Å². The van der Waals surface area contributed by atoms with Gasteiger partial charge in [0.15, 0.2) is 23.0 Å². The van der Waals surface area contributed by atoms with Crippen LogP contribution in [0.3, 0.4) is 0 Å². The van der Waals surface area contributed by atoms with Crippen molar-refractivity contribution in [1.82, 2.24) is 0 Å². The first kappa shape index (κ1) is 25.2. The Morgan fingerprint density at radius 2 is 1.05 bits per heavy atom. The van der Waals surface area contributed by atoms with Crippen molar-refractivity contribution in [2.24, 2.45) is 0 Å². The zero-order valence-electron chi connectivity index (χ0n) is 22.7. The van der Waals surface area contributed by atoms with Crippen molar-refractivity contribution in [3.8, 4) is 34.1 Å². The Morgan fingerprint density at radius 3 is 1.68 bits per heavy atom. The highest BCUT2D eigenvalue weighted by Crippen LogP contribution is 2.49. The summed E-state index contributed by atoms with van der Waals surface area (Å²) < 4.78 is 23.9. The second kappa shape index (κ2) is 9.92. The highest BCUT2D eigenvalue weighted by Gasteiger charge is 2.29. The Morgan fingerprint density at radius 1 is 0.526 bits per heavy atom. The molecule has 2 unspecified atom stereocenters. The van der Waals surface area contributed by atoms with E-state index in [1.54, 1.807) is 0 Å². The van der Waals surface area contributed by atoms with Crippen LogP contribution in [0.4, 0.5) is 0 Å². The lowest BCUT2D eigenvalue weighted by Gasteiger charge is -2.17. The van der Waals surface area contributed by atoms with E-state index in [4.69, 9.17) is 18.9 Å². The van der Waals surface area contributed by atoms with Crippen molar-refractivity contribution in [2.75, 3.05) is 13.6 Å². The van der Waals surface area contributed by atoms with Gasteiger partial charge < -0.3 is 18.9 Å². The van der Waals surface area contributed by atoms with Crippen LogP contribution in [0, 0.1) is 41.5 Å². The first-order chi connectivity index (χ1) is 18.3. The highest BCUT2D eigenvalue weighted by atomic mass is 31.1. The van der Waals surface area contributed by atoms with Crippen LogP contribution in [0.1, 0.15) is 33.4 Å². The molecule has 194 valence electrons. The molecule has 0 saturated heterocycles. The van der Waals surface area contributed by atoms with Gasteiger partial charge in [-0.2, -0.15) is 0 Å².